The van der Waals surface area contributed by atoms with Crippen molar-refractivity contribution >= 4 is 5.78 Å². The zero-order valence-electron chi connectivity index (χ0n) is 12.9. The van der Waals surface area contributed by atoms with Crippen molar-refractivity contribution < 1.29 is 4.79 Å². The van der Waals surface area contributed by atoms with Gasteiger partial charge in [0.1, 0.15) is 0 Å². The second-order valence-electron chi connectivity index (χ2n) is 6.18. The Hall–Kier alpha value is -2.67. The third kappa shape index (κ3) is 2.83. The molecule has 2 atom stereocenters. The van der Waals surface area contributed by atoms with Crippen LogP contribution in [-0.4, -0.2) is 5.78 Å². The second-order valence-corrected chi connectivity index (χ2v) is 6.18. The maximum atomic E-state index is 12.4. The molecule has 3 aromatic carbocycles. The molecule has 0 spiro atoms. The zero-order valence-corrected chi connectivity index (χ0v) is 12.9. The summed E-state index contributed by atoms with van der Waals surface area (Å²) < 4.78 is 0. The van der Waals surface area contributed by atoms with Gasteiger partial charge in [-0.15, -0.1) is 0 Å². The Morgan fingerprint density at radius 1 is 0.609 bits per heavy atom. The molecule has 4 rings (SSSR count). The summed E-state index contributed by atoms with van der Waals surface area (Å²) in [7, 11) is 0. The van der Waals surface area contributed by atoms with E-state index >= 15 is 0 Å². The Morgan fingerprint density at radius 3 is 1.70 bits per heavy atom. The van der Waals surface area contributed by atoms with Gasteiger partial charge in [-0.3, -0.25) is 4.79 Å². The van der Waals surface area contributed by atoms with E-state index in [2.05, 4.69) is 42.5 Å². The molecule has 0 aliphatic heterocycles. The molecule has 0 amide bonds. The van der Waals surface area contributed by atoms with Crippen LogP contribution in [0.5, 0.6) is 0 Å². The van der Waals surface area contributed by atoms with E-state index in [9.17, 15) is 4.79 Å². The number of hydrogen-bond acceptors (Lipinski definition) is 1. The van der Waals surface area contributed by atoms with Gasteiger partial charge in [-0.25, -0.2) is 0 Å². The maximum Gasteiger partial charge on any atom is 0.193 e. The maximum absolute atomic E-state index is 12.4. The lowest BCUT2D eigenvalue weighted by molar-refractivity contribution is 0.103. The van der Waals surface area contributed by atoms with Gasteiger partial charge < -0.3 is 0 Å². The van der Waals surface area contributed by atoms with Gasteiger partial charge in [0.15, 0.2) is 5.78 Å². The Bertz CT molecular complexity index is 804. The molecular weight excluding hydrogens is 280 g/mol. The van der Waals surface area contributed by atoms with Gasteiger partial charge in [0.25, 0.3) is 0 Å². The van der Waals surface area contributed by atoms with E-state index in [0.717, 1.165) is 11.1 Å². The third-order valence-corrected chi connectivity index (χ3v) is 4.66. The lowest BCUT2D eigenvalue weighted by atomic mass is 9.99. The quantitative estimate of drug-likeness (QED) is 0.606. The van der Waals surface area contributed by atoms with E-state index in [0.29, 0.717) is 11.8 Å². The molecule has 1 nitrogen and oxygen atoms in total. The number of ketones is 1. The fraction of sp³-hybridized carbons (Fsp3) is 0.136. The molecule has 0 bridgehead atoms. The van der Waals surface area contributed by atoms with Crippen LogP contribution in [0, 0.1) is 0 Å². The molecule has 1 fully saturated rings. The topological polar surface area (TPSA) is 17.1 Å². The van der Waals surface area contributed by atoms with Crippen LogP contribution in [0.3, 0.4) is 0 Å². The first-order chi connectivity index (χ1) is 11.3. The summed E-state index contributed by atoms with van der Waals surface area (Å²) in [5.41, 5.74) is 4.26. The standard InChI is InChI=1S/C22H18O/c23-22(18-9-5-2-6-10-18)19-13-11-17(12-14-19)21-15-20(21)16-7-3-1-4-8-16/h1-14,20-21H,15H2/t20-,21+/m0/s1. The smallest absolute Gasteiger partial charge is 0.193 e. The lowest BCUT2D eigenvalue weighted by Gasteiger charge is -2.04. The summed E-state index contributed by atoms with van der Waals surface area (Å²) in [5, 5.41) is 0. The Kier molecular flexibility index (Phi) is 3.55. The van der Waals surface area contributed by atoms with E-state index in [-0.39, 0.29) is 5.78 Å². The van der Waals surface area contributed by atoms with Gasteiger partial charge in [-0.2, -0.15) is 0 Å². The van der Waals surface area contributed by atoms with Crippen LogP contribution >= 0.6 is 0 Å². The molecule has 0 radical (unpaired) electrons. The molecule has 1 saturated carbocycles. The average molecular weight is 298 g/mol. The second kappa shape index (κ2) is 5.85. The van der Waals surface area contributed by atoms with E-state index in [1.807, 2.05) is 42.5 Å². The predicted octanol–water partition coefficient (Wildman–Crippen LogP) is 5.19. The third-order valence-electron chi connectivity index (χ3n) is 4.66. The zero-order chi connectivity index (χ0) is 15.6. The molecule has 3 aromatic rings. The number of benzene rings is 3. The summed E-state index contributed by atoms with van der Waals surface area (Å²) in [6, 6.07) is 28.3. The summed E-state index contributed by atoms with van der Waals surface area (Å²) >= 11 is 0. The van der Waals surface area contributed by atoms with Crippen LogP contribution in [0.15, 0.2) is 84.9 Å². The molecule has 23 heavy (non-hydrogen) atoms. The minimum atomic E-state index is 0.0903. The van der Waals surface area contributed by atoms with Crippen LogP contribution in [0.1, 0.15) is 45.3 Å². The molecule has 0 aromatic heterocycles. The number of hydrogen-bond donors (Lipinski definition) is 0. The highest BCUT2D eigenvalue weighted by molar-refractivity contribution is 6.08. The van der Waals surface area contributed by atoms with Gasteiger partial charge in [0.2, 0.25) is 0 Å². The van der Waals surface area contributed by atoms with Gasteiger partial charge in [-0.1, -0.05) is 84.9 Å². The number of rotatable bonds is 4. The highest BCUT2D eigenvalue weighted by atomic mass is 16.1. The molecule has 1 aliphatic carbocycles. The molecule has 0 unspecified atom stereocenters. The van der Waals surface area contributed by atoms with Crippen molar-refractivity contribution in [2.24, 2.45) is 0 Å². The minimum absolute atomic E-state index is 0.0903. The largest absolute Gasteiger partial charge is 0.289 e. The molecule has 0 saturated heterocycles. The van der Waals surface area contributed by atoms with Crippen LogP contribution in [0.4, 0.5) is 0 Å². The van der Waals surface area contributed by atoms with Gasteiger partial charge >= 0.3 is 0 Å². The minimum Gasteiger partial charge on any atom is -0.289 e. The SMILES string of the molecule is O=C(c1ccccc1)c1ccc([C@H]2C[C@H]2c2ccccc2)cc1. The van der Waals surface area contributed by atoms with E-state index in [4.69, 9.17) is 0 Å². The normalized spacial score (nSPS) is 19.3. The summed E-state index contributed by atoms with van der Waals surface area (Å²) in [6.07, 6.45) is 1.20. The van der Waals surface area contributed by atoms with E-state index < -0.39 is 0 Å². The molecule has 112 valence electrons. The van der Waals surface area contributed by atoms with Crippen LogP contribution in [0.25, 0.3) is 0 Å². The first-order valence-corrected chi connectivity index (χ1v) is 8.07. The fourth-order valence-corrected chi connectivity index (χ4v) is 3.27. The predicted molar refractivity (Wildman–Crippen MR) is 92.9 cm³/mol. The fourth-order valence-electron chi connectivity index (χ4n) is 3.27. The van der Waals surface area contributed by atoms with E-state index in [1.54, 1.807) is 0 Å². The van der Waals surface area contributed by atoms with Crippen molar-refractivity contribution in [2.75, 3.05) is 0 Å². The van der Waals surface area contributed by atoms with Crippen molar-refractivity contribution in [3.8, 4) is 0 Å². The molecular formula is C22H18O. The Balaban J connectivity index is 1.50. The van der Waals surface area contributed by atoms with Crippen LogP contribution < -0.4 is 0 Å². The number of carbonyl (C=O) groups excluding carboxylic acids is 1. The van der Waals surface area contributed by atoms with Crippen molar-refractivity contribution in [1.82, 2.24) is 0 Å². The van der Waals surface area contributed by atoms with Crippen LogP contribution in [-0.2, 0) is 0 Å². The lowest BCUT2D eigenvalue weighted by Crippen LogP contribution is -2.00. The van der Waals surface area contributed by atoms with Crippen molar-refractivity contribution in [3.63, 3.8) is 0 Å². The summed E-state index contributed by atoms with van der Waals surface area (Å²) in [5.74, 6) is 1.32. The first-order valence-electron chi connectivity index (χ1n) is 8.07. The molecule has 0 N–H and O–H groups in total. The number of carbonyl (C=O) groups is 1. The highest BCUT2D eigenvalue weighted by Gasteiger charge is 2.39. The van der Waals surface area contributed by atoms with Crippen molar-refractivity contribution in [2.45, 2.75) is 18.3 Å². The van der Waals surface area contributed by atoms with Gasteiger partial charge in [-0.05, 0) is 29.4 Å². The van der Waals surface area contributed by atoms with Crippen LogP contribution in [0.2, 0.25) is 0 Å². The Labute approximate surface area is 136 Å². The summed E-state index contributed by atoms with van der Waals surface area (Å²) in [6.45, 7) is 0. The van der Waals surface area contributed by atoms with Gasteiger partial charge in [0.05, 0.1) is 0 Å². The molecule has 1 heteroatoms. The average Bonchev–Trinajstić information content (AvgIpc) is 3.44. The van der Waals surface area contributed by atoms with Crippen molar-refractivity contribution in [3.05, 3.63) is 107 Å². The van der Waals surface area contributed by atoms with Crippen molar-refractivity contribution in [1.29, 1.82) is 0 Å². The Morgan fingerprint density at radius 2 is 1.09 bits per heavy atom. The van der Waals surface area contributed by atoms with E-state index in [1.165, 1.54) is 17.5 Å². The molecule has 0 heterocycles. The monoisotopic (exact) mass is 298 g/mol. The summed E-state index contributed by atoms with van der Waals surface area (Å²) in [4.78, 5) is 12.4. The van der Waals surface area contributed by atoms with Gasteiger partial charge in [0, 0.05) is 11.1 Å². The first kappa shape index (κ1) is 14.0. The molecule has 1 aliphatic rings. The highest BCUT2D eigenvalue weighted by Crippen LogP contribution is 2.54.